The van der Waals surface area contributed by atoms with Crippen molar-refractivity contribution in [3.63, 3.8) is 0 Å². The van der Waals surface area contributed by atoms with Gasteiger partial charge in [-0.3, -0.25) is 9.69 Å². The molecule has 2 aliphatic heterocycles. The van der Waals surface area contributed by atoms with Crippen molar-refractivity contribution in [3.05, 3.63) is 58.6 Å². The van der Waals surface area contributed by atoms with E-state index in [4.69, 9.17) is 22.1 Å². The number of nitrogen functional groups attached to an aromatic ring is 1. The van der Waals surface area contributed by atoms with Gasteiger partial charge in [-0.2, -0.15) is 0 Å². The van der Waals surface area contributed by atoms with Crippen LogP contribution in [0.3, 0.4) is 0 Å². The molecule has 2 heterocycles. The predicted molar refractivity (Wildman–Crippen MR) is 116 cm³/mol. The Labute approximate surface area is 177 Å². The van der Waals surface area contributed by atoms with E-state index < -0.39 is 0 Å². The smallest absolute Gasteiger partial charge is 0.255 e. The van der Waals surface area contributed by atoms with Crippen LogP contribution < -0.4 is 15.8 Å². The van der Waals surface area contributed by atoms with E-state index in [0.29, 0.717) is 34.6 Å². The maximum absolute atomic E-state index is 13.0. The van der Waals surface area contributed by atoms with E-state index in [1.165, 1.54) is 31.9 Å². The van der Waals surface area contributed by atoms with Crippen molar-refractivity contribution in [2.24, 2.45) is 0 Å². The summed E-state index contributed by atoms with van der Waals surface area (Å²) in [5, 5.41) is 3.52. The molecule has 5 nitrogen and oxygen atoms in total. The Hall–Kier alpha value is -2.24. The van der Waals surface area contributed by atoms with Gasteiger partial charge in [0.05, 0.1) is 23.4 Å². The van der Waals surface area contributed by atoms with Crippen LogP contribution in [0.15, 0.2) is 42.5 Å². The van der Waals surface area contributed by atoms with Crippen molar-refractivity contribution in [2.75, 3.05) is 19.4 Å². The number of methoxy groups -OCH3 is 1. The first kappa shape index (κ1) is 20.0. The quantitative estimate of drug-likeness (QED) is 0.695. The Morgan fingerprint density at radius 3 is 2.83 bits per heavy atom. The number of halogens is 1. The number of fused-ring (bicyclic) bond motifs is 2. The molecule has 1 amide bonds. The second-order valence-corrected chi connectivity index (χ2v) is 8.59. The molecule has 2 atom stereocenters. The highest BCUT2D eigenvalue weighted by atomic mass is 35.5. The molecule has 2 aliphatic rings. The van der Waals surface area contributed by atoms with Crippen molar-refractivity contribution in [1.29, 1.82) is 0 Å². The molecule has 154 valence electrons. The lowest BCUT2D eigenvalue weighted by Gasteiger charge is -2.45. The number of carbonyl (C=O) groups excluding carboxylic acids is 1. The van der Waals surface area contributed by atoms with E-state index in [-0.39, 0.29) is 11.4 Å². The molecule has 3 N–H and O–H groups in total. The van der Waals surface area contributed by atoms with E-state index in [0.717, 1.165) is 19.4 Å². The van der Waals surface area contributed by atoms with Gasteiger partial charge in [0.25, 0.3) is 5.91 Å². The van der Waals surface area contributed by atoms with Crippen molar-refractivity contribution >= 4 is 23.2 Å². The van der Waals surface area contributed by atoms with Crippen LogP contribution in [-0.4, -0.2) is 36.0 Å². The van der Waals surface area contributed by atoms with E-state index in [1.54, 1.807) is 12.1 Å². The third kappa shape index (κ3) is 3.94. The fourth-order valence-corrected chi connectivity index (χ4v) is 5.13. The summed E-state index contributed by atoms with van der Waals surface area (Å²) in [5.74, 6) is 0.266. The van der Waals surface area contributed by atoms with Gasteiger partial charge in [0.15, 0.2) is 0 Å². The van der Waals surface area contributed by atoms with Crippen LogP contribution in [0.25, 0.3) is 0 Å². The Balaban J connectivity index is 1.51. The number of amides is 1. The van der Waals surface area contributed by atoms with Gasteiger partial charge < -0.3 is 15.8 Å². The summed E-state index contributed by atoms with van der Waals surface area (Å²) in [6.07, 6.45) is 5.87. The first-order chi connectivity index (χ1) is 14.0. The number of hydrogen-bond acceptors (Lipinski definition) is 4. The van der Waals surface area contributed by atoms with Gasteiger partial charge in [-0.25, -0.2) is 0 Å². The minimum atomic E-state index is -0.174. The molecular formula is C23H28ClN3O2. The predicted octanol–water partition coefficient (Wildman–Crippen LogP) is 4.25. The average Bonchev–Trinajstić information content (AvgIpc) is 2.92. The molecule has 2 saturated heterocycles. The highest BCUT2D eigenvalue weighted by molar-refractivity contribution is 6.33. The van der Waals surface area contributed by atoms with Gasteiger partial charge in [0.2, 0.25) is 0 Å². The monoisotopic (exact) mass is 413 g/mol. The lowest BCUT2D eigenvalue weighted by molar-refractivity contribution is 0.0434. The zero-order valence-electron chi connectivity index (χ0n) is 16.8. The van der Waals surface area contributed by atoms with Crippen LogP contribution in [0.5, 0.6) is 5.75 Å². The van der Waals surface area contributed by atoms with Crippen molar-refractivity contribution < 1.29 is 9.53 Å². The maximum atomic E-state index is 13.0. The van der Waals surface area contributed by atoms with Gasteiger partial charge >= 0.3 is 0 Å². The van der Waals surface area contributed by atoms with Crippen LogP contribution in [0.1, 0.15) is 48.0 Å². The topological polar surface area (TPSA) is 67.6 Å². The molecule has 0 aromatic heterocycles. The number of anilines is 1. The third-order valence-electron chi connectivity index (χ3n) is 6.51. The number of ether oxygens (including phenoxy) is 1. The molecule has 0 spiro atoms. The van der Waals surface area contributed by atoms with Gasteiger partial charge in [-0.15, -0.1) is 0 Å². The van der Waals surface area contributed by atoms with Crippen molar-refractivity contribution in [1.82, 2.24) is 10.2 Å². The Bertz CT molecular complexity index is 885. The molecule has 2 bridgehead atoms. The number of nitrogens with zero attached hydrogens (tertiary/aromatic N) is 1. The van der Waals surface area contributed by atoms with Crippen molar-refractivity contribution in [2.45, 2.75) is 50.2 Å². The Kier molecular flexibility index (Phi) is 5.70. The summed E-state index contributed by atoms with van der Waals surface area (Å²) < 4.78 is 5.34. The first-order valence-electron chi connectivity index (χ1n) is 10.2. The fraction of sp³-hybridized carbons (Fsp3) is 0.435. The molecular weight excluding hydrogens is 386 g/mol. The number of hydrogen-bond donors (Lipinski definition) is 2. The molecule has 0 saturated carbocycles. The maximum Gasteiger partial charge on any atom is 0.255 e. The zero-order valence-corrected chi connectivity index (χ0v) is 17.5. The molecule has 0 aliphatic carbocycles. The lowest BCUT2D eigenvalue weighted by Crippen LogP contribution is -2.55. The largest absolute Gasteiger partial charge is 0.496 e. The summed E-state index contributed by atoms with van der Waals surface area (Å²) in [4.78, 5) is 15.6. The van der Waals surface area contributed by atoms with Gasteiger partial charge in [0, 0.05) is 30.7 Å². The summed E-state index contributed by atoms with van der Waals surface area (Å²) in [7, 11) is 1.53. The van der Waals surface area contributed by atoms with Gasteiger partial charge in [-0.05, 0) is 43.7 Å². The van der Waals surface area contributed by atoms with E-state index in [1.807, 2.05) is 0 Å². The number of nitrogens with one attached hydrogen (secondary N) is 1. The lowest BCUT2D eigenvalue weighted by atomic mass is 9.87. The zero-order chi connectivity index (χ0) is 20.4. The number of benzene rings is 2. The molecule has 6 heteroatoms. The number of rotatable bonds is 6. The normalized spacial score (nSPS) is 23.7. The highest BCUT2D eigenvalue weighted by Gasteiger charge is 2.48. The molecule has 4 rings (SSSR count). The number of piperidine rings is 1. The van der Waals surface area contributed by atoms with Crippen LogP contribution in [0.2, 0.25) is 5.02 Å². The summed E-state index contributed by atoms with van der Waals surface area (Å²) in [6, 6.07) is 14.4. The standard InChI is InChI=1S/C23H28ClN3O2/c1-29-21-13-20(25)19(24)12-18(21)22(28)26-15-23-10-5-8-17(9-11-23)27(23)14-16-6-3-2-4-7-16/h2-4,6-7,12-13,17H,5,8-11,14-15,25H2,1H3,(H,26,28). The van der Waals surface area contributed by atoms with Gasteiger partial charge in [0.1, 0.15) is 5.75 Å². The SMILES string of the molecule is COc1cc(N)c(Cl)cc1C(=O)NCC12CCCC(CC1)N2Cc1ccccc1. The van der Waals surface area contributed by atoms with Crippen LogP contribution in [-0.2, 0) is 6.54 Å². The van der Waals surface area contributed by atoms with E-state index in [9.17, 15) is 4.79 Å². The Morgan fingerprint density at radius 2 is 2.07 bits per heavy atom. The van der Waals surface area contributed by atoms with Crippen LogP contribution in [0, 0.1) is 0 Å². The molecule has 2 unspecified atom stereocenters. The van der Waals surface area contributed by atoms with E-state index in [2.05, 4.69) is 40.5 Å². The summed E-state index contributed by atoms with van der Waals surface area (Å²) in [5.41, 5.74) is 8.00. The second-order valence-electron chi connectivity index (χ2n) is 8.18. The molecule has 2 fully saturated rings. The van der Waals surface area contributed by atoms with E-state index >= 15 is 0 Å². The molecule has 29 heavy (non-hydrogen) atoms. The molecule has 0 radical (unpaired) electrons. The van der Waals surface area contributed by atoms with Crippen molar-refractivity contribution in [3.8, 4) is 5.75 Å². The second kappa shape index (κ2) is 8.25. The average molecular weight is 414 g/mol. The highest BCUT2D eigenvalue weighted by Crippen LogP contribution is 2.44. The molecule has 2 aromatic carbocycles. The number of nitrogens with two attached hydrogens (primary N) is 1. The minimum absolute atomic E-state index is 0.0132. The third-order valence-corrected chi connectivity index (χ3v) is 6.84. The van der Waals surface area contributed by atoms with Crippen LogP contribution in [0.4, 0.5) is 5.69 Å². The summed E-state index contributed by atoms with van der Waals surface area (Å²) in [6.45, 7) is 1.55. The van der Waals surface area contributed by atoms with Crippen LogP contribution >= 0.6 is 11.6 Å². The minimum Gasteiger partial charge on any atom is -0.496 e. The fourth-order valence-electron chi connectivity index (χ4n) is 4.97. The first-order valence-corrected chi connectivity index (χ1v) is 10.6. The number of carbonyl (C=O) groups is 1. The summed E-state index contributed by atoms with van der Waals surface area (Å²) >= 11 is 6.14. The van der Waals surface area contributed by atoms with Gasteiger partial charge in [-0.1, -0.05) is 41.9 Å². The molecule has 2 aromatic rings. The Morgan fingerprint density at radius 1 is 1.28 bits per heavy atom.